The number of fused-ring (bicyclic) bond motifs is 2. The quantitative estimate of drug-likeness (QED) is 0.503. The molecular formula is C28H25N3O3. The summed E-state index contributed by atoms with van der Waals surface area (Å²) in [5.74, 6) is 0.738. The van der Waals surface area contributed by atoms with Gasteiger partial charge in [-0.25, -0.2) is 4.79 Å². The second-order valence-corrected chi connectivity index (χ2v) is 8.72. The Balaban J connectivity index is 0.000000207. The maximum Gasteiger partial charge on any atom is 0.336 e. The molecule has 3 heterocycles. The van der Waals surface area contributed by atoms with Gasteiger partial charge < -0.3 is 14.1 Å². The number of ether oxygens (including phenoxy) is 1. The smallest absolute Gasteiger partial charge is 0.336 e. The Morgan fingerprint density at radius 1 is 1.03 bits per heavy atom. The Bertz CT molecular complexity index is 1390. The van der Waals surface area contributed by atoms with Crippen LogP contribution in [0.3, 0.4) is 0 Å². The molecule has 6 rings (SSSR count). The van der Waals surface area contributed by atoms with Crippen molar-refractivity contribution in [2.24, 2.45) is 11.3 Å². The fourth-order valence-electron chi connectivity index (χ4n) is 4.47. The van der Waals surface area contributed by atoms with Crippen molar-refractivity contribution in [3.05, 3.63) is 94.6 Å². The third-order valence-corrected chi connectivity index (χ3v) is 6.36. The van der Waals surface area contributed by atoms with Crippen LogP contribution in [0.25, 0.3) is 17.0 Å². The van der Waals surface area contributed by atoms with Gasteiger partial charge in [0.2, 0.25) is 0 Å². The fraction of sp³-hybridized carbons (Fsp3) is 0.250. The maximum atomic E-state index is 10.7. The SMILES string of the molecule is CC1=CC2CC(/C=C/c3ccc(N(C)C)cc3)(O1)C2(C#N)C#N.O=c1ccc2ccccc2o1. The first-order valence-electron chi connectivity index (χ1n) is 11.0. The molecule has 3 aliphatic rings. The first-order chi connectivity index (χ1) is 16.3. The summed E-state index contributed by atoms with van der Waals surface area (Å²) in [6.45, 7) is 1.87. The van der Waals surface area contributed by atoms with Crippen molar-refractivity contribution < 1.29 is 9.15 Å². The Morgan fingerprint density at radius 2 is 1.74 bits per heavy atom. The van der Waals surface area contributed by atoms with E-state index in [4.69, 9.17) is 9.15 Å². The number of anilines is 1. The molecule has 0 spiro atoms. The van der Waals surface area contributed by atoms with E-state index in [1.807, 2.05) is 86.6 Å². The lowest BCUT2D eigenvalue weighted by molar-refractivity contribution is -0.137. The number of hydrogen-bond acceptors (Lipinski definition) is 6. The molecule has 34 heavy (non-hydrogen) atoms. The van der Waals surface area contributed by atoms with E-state index >= 15 is 0 Å². The van der Waals surface area contributed by atoms with Crippen LogP contribution in [0.1, 0.15) is 18.9 Å². The standard InChI is InChI=1S/C19H19N3O.C9H6O2/c1-14-10-16-11-19(23-14,18(16,12-20)13-21)9-8-15-4-6-17(7-5-15)22(2)3;10-9-6-5-7-3-1-2-4-8(7)11-9/h4-10,16H,11H2,1-3H3;1-6H/b9-8+;. The van der Waals surface area contributed by atoms with Crippen molar-refractivity contribution in [1.82, 2.24) is 0 Å². The molecule has 0 amide bonds. The lowest BCUT2D eigenvalue weighted by Gasteiger charge is -2.57. The van der Waals surface area contributed by atoms with Gasteiger partial charge in [-0.3, -0.25) is 0 Å². The molecule has 170 valence electrons. The highest BCUT2D eigenvalue weighted by Gasteiger charge is 2.69. The van der Waals surface area contributed by atoms with Crippen LogP contribution in [0.15, 0.2) is 87.8 Å². The second-order valence-electron chi connectivity index (χ2n) is 8.72. The minimum Gasteiger partial charge on any atom is -0.485 e. The van der Waals surface area contributed by atoms with Crippen LogP contribution in [0.2, 0.25) is 0 Å². The molecule has 0 saturated heterocycles. The van der Waals surface area contributed by atoms with E-state index in [1.54, 1.807) is 12.1 Å². The van der Waals surface area contributed by atoms with Crippen LogP contribution < -0.4 is 10.5 Å². The second kappa shape index (κ2) is 8.92. The zero-order valence-electron chi connectivity index (χ0n) is 19.4. The normalized spacial score (nSPS) is 21.7. The lowest BCUT2D eigenvalue weighted by Crippen LogP contribution is -2.64. The van der Waals surface area contributed by atoms with Crippen LogP contribution in [-0.4, -0.2) is 19.7 Å². The lowest BCUT2D eigenvalue weighted by atomic mass is 9.49. The van der Waals surface area contributed by atoms with Gasteiger partial charge in [-0.1, -0.05) is 36.4 Å². The number of allylic oxidation sites excluding steroid dienone is 2. The molecule has 2 bridgehead atoms. The molecule has 2 aromatic carbocycles. The van der Waals surface area contributed by atoms with Gasteiger partial charge >= 0.3 is 5.63 Å². The van der Waals surface area contributed by atoms with E-state index in [9.17, 15) is 15.3 Å². The van der Waals surface area contributed by atoms with Gasteiger partial charge in [-0.15, -0.1) is 0 Å². The Labute approximate surface area is 198 Å². The first-order valence-corrected chi connectivity index (χ1v) is 11.0. The van der Waals surface area contributed by atoms with E-state index in [1.165, 1.54) is 6.07 Å². The third-order valence-electron chi connectivity index (χ3n) is 6.36. The van der Waals surface area contributed by atoms with Crippen LogP contribution in [-0.2, 0) is 4.74 Å². The number of nitrogens with zero attached hydrogens (tertiary/aromatic N) is 3. The molecule has 6 heteroatoms. The monoisotopic (exact) mass is 451 g/mol. The van der Waals surface area contributed by atoms with E-state index in [0.29, 0.717) is 12.0 Å². The van der Waals surface area contributed by atoms with Crippen LogP contribution in [0.5, 0.6) is 0 Å². The minimum absolute atomic E-state index is 0.0491. The van der Waals surface area contributed by atoms with E-state index in [-0.39, 0.29) is 11.5 Å². The first kappa shape index (κ1) is 22.9. The summed E-state index contributed by atoms with van der Waals surface area (Å²) in [5, 5.41) is 20.1. The highest BCUT2D eigenvalue weighted by Crippen LogP contribution is 2.61. The molecule has 3 aromatic rings. The van der Waals surface area contributed by atoms with Gasteiger partial charge in [-0.2, -0.15) is 10.5 Å². The molecule has 0 N–H and O–H groups in total. The predicted molar refractivity (Wildman–Crippen MR) is 132 cm³/mol. The van der Waals surface area contributed by atoms with Gasteiger partial charge in [-0.05, 0) is 48.9 Å². The summed E-state index contributed by atoms with van der Waals surface area (Å²) in [4.78, 5) is 12.8. The minimum atomic E-state index is -1.12. The number of hydrogen-bond donors (Lipinski definition) is 0. The van der Waals surface area contributed by atoms with Crippen molar-refractivity contribution in [3.8, 4) is 12.1 Å². The molecule has 1 fully saturated rings. The van der Waals surface area contributed by atoms with Crippen LogP contribution >= 0.6 is 0 Å². The topological polar surface area (TPSA) is 90.3 Å². The average molecular weight is 452 g/mol. The number of para-hydroxylation sites is 1. The van der Waals surface area contributed by atoms with Crippen LogP contribution in [0, 0.1) is 34.0 Å². The summed E-state index contributed by atoms with van der Waals surface area (Å²) < 4.78 is 10.8. The van der Waals surface area contributed by atoms with Crippen molar-refractivity contribution in [1.29, 1.82) is 10.5 Å². The van der Waals surface area contributed by atoms with Gasteiger partial charge in [0.15, 0.2) is 11.0 Å². The molecule has 0 radical (unpaired) electrons. The molecule has 2 aliphatic heterocycles. The molecule has 1 aliphatic carbocycles. The fourth-order valence-corrected chi connectivity index (χ4v) is 4.47. The van der Waals surface area contributed by atoms with Gasteiger partial charge in [0.1, 0.15) is 5.58 Å². The molecule has 2 atom stereocenters. The van der Waals surface area contributed by atoms with E-state index in [2.05, 4.69) is 12.1 Å². The van der Waals surface area contributed by atoms with Gasteiger partial charge in [0, 0.05) is 43.6 Å². The summed E-state index contributed by atoms with van der Waals surface area (Å²) >= 11 is 0. The Morgan fingerprint density at radius 3 is 2.41 bits per heavy atom. The number of benzene rings is 2. The summed E-state index contributed by atoms with van der Waals surface area (Å²) in [6.07, 6.45) is 6.40. The molecule has 1 aromatic heterocycles. The molecular weight excluding hydrogens is 426 g/mol. The molecule has 1 saturated carbocycles. The Hall–Kier alpha value is -4.29. The van der Waals surface area contributed by atoms with Crippen molar-refractivity contribution in [2.45, 2.75) is 18.9 Å². The third kappa shape index (κ3) is 3.95. The largest absolute Gasteiger partial charge is 0.485 e. The molecule has 6 nitrogen and oxygen atoms in total. The summed E-state index contributed by atoms with van der Waals surface area (Å²) in [5.41, 5.74) is 0.533. The van der Waals surface area contributed by atoms with Crippen molar-refractivity contribution in [2.75, 3.05) is 19.0 Å². The van der Waals surface area contributed by atoms with Crippen molar-refractivity contribution >= 4 is 22.7 Å². The predicted octanol–water partition coefficient (Wildman–Crippen LogP) is 5.29. The van der Waals surface area contributed by atoms with E-state index < -0.39 is 11.0 Å². The van der Waals surface area contributed by atoms with Gasteiger partial charge in [0.05, 0.1) is 17.9 Å². The molecule has 2 unspecified atom stereocenters. The van der Waals surface area contributed by atoms with Crippen LogP contribution in [0.4, 0.5) is 5.69 Å². The summed E-state index contributed by atoms with van der Waals surface area (Å²) in [6, 6.07) is 23.1. The summed E-state index contributed by atoms with van der Waals surface area (Å²) in [7, 11) is 4.00. The Kier molecular flexibility index (Phi) is 6.01. The number of rotatable bonds is 3. The van der Waals surface area contributed by atoms with Gasteiger partial charge in [0.25, 0.3) is 0 Å². The van der Waals surface area contributed by atoms with Crippen molar-refractivity contribution in [3.63, 3.8) is 0 Å². The average Bonchev–Trinajstić information content (AvgIpc) is 2.84. The zero-order valence-corrected chi connectivity index (χ0v) is 19.4. The zero-order chi connectivity index (χ0) is 24.3. The highest BCUT2D eigenvalue weighted by atomic mass is 16.5. The number of nitriles is 2. The van der Waals surface area contributed by atoms with E-state index in [0.717, 1.165) is 22.4 Å². The highest BCUT2D eigenvalue weighted by molar-refractivity contribution is 5.75. The maximum absolute atomic E-state index is 10.7.